The number of aromatic nitrogens is 3. The number of carbonyl (C=O) groups excluding carboxylic acids is 1. The predicted molar refractivity (Wildman–Crippen MR) is 127 cm³/mol. The highest BCUT2D eigenvalue weighted by Crippen LogP contribution is 2.21. The van der Waals surface area contributed by atoms with Gasteiger partial charge in [0.2, 0.25) is 0 Å². The van der Waals surface area contributed by atoms with Crippen LogP contribution < -0.4 is 15.1 Å². The van der Waals surface area contributed by atoms with Crippen molar-refractivity contribution in [3.63, 3.8) is 0 Å². The Bertz CT molecular complexity index is 1120. The van der Waals surface area contributed by atoms with Gasteiger partial charge >= 0.3 is 12.0 Å². The van der Waals surface area contributed by atoms with Gasteiger partial charge in [-0.25, -0.2) is 4.79 Å². The fourth-order valence-corrected chi connectivity index (χ4v) is 3.32. The molecule has 1 saturated heterocycles. The number of hydrogen-bond acceptors (Lipinski definition) is 10. The van der Waals surface area contributed by atoms with E-state index < -0.39 is 5.97 Å². The van der Waals surface area contributed by atoms with Crippen LogP contribution in [-0.2, 0) is 15.9 Å². The molecule has 0 bridgehead atoms. The SMILES string of the molecule is COC(=O)c1cccc(/C=N/Nc2cc(N3CCOCC3)nc(OCCc3ccccn3)n2)c1. The number of carbonyl (C=O) groups is 1. The zero-order valence-corrected chi connectivity index (χ0v) is 18.9. The van der Waals surface area contributed by atoms with E-state index in [4.69, 9.17) is 14.2 Å². The van der Waals surface area contributed by atoms with Crippen molar-refractivity contribution >= 4 is 23.8 Å². The third-order valence-corrected chi connectivity index (χ3v) is 5.04. The fourth-order valence-electron chi connectivity index (χ4n) is 3.32. The van der Waals surface area contributed by atoms with E-state index in [2.05, 4.69) is 30.4 Å². The normalized spacial score (nSPS) is 13.6. The zero-order chi connectivity index (χ0) is 23.6. The number of hydrazone groups is 1. The van der Waals surface area contributed by atoms with Crippen LogP contribution >= 0.6 is 0 Å². The highest BCUT2D eigenvalue weighted by molar-refractivity contribution is 5.92. The van der Waals surface area contributed by atoms with Crippen LogP contribution in [0.15, 0.2) is 59.8 Å². The summed E-state index contributed by atoms with van der Waals surface area (Å²) >= 11 is 0. The summed E-state index contributed by atoms with van der Waals surface area (Å²) in [7, 11) is 1.35. The lowest BCUT2D eigenvalue weighted by atomic mass is 10.1. The molecule has 0 aliphatic carbocycles. The summed E-state index contributed by atoms with van der Waals surface area (Å²) in [5, 5.41) is 4.27. The summed E-state index contributed by atoms with van der Waals surface area (Å²) in [6.07, 6.45) is 4.00. The molecule has 176 valence electrons. The van der Waals surface area contributed by atoms with Crippen molar-refractivity contribution in [3.8, 4) is 6.01 Å². The Morgan fingerprint density at radius 3 is 2.85 bits per heavy atom. The molecule has 1 N–H and O–H groups in total. The van der Waals surface area contributed by atoms with Crippen molar-refractivity contribution in [1.29, 1.82) is 0 Å². The largest absolute Gasteiger partial charge is 0.465 e. The summed E-state index contributed by atoms with van der Waals surface area (Å²) in [6, 6.07) is 14.8. The zero-order valence-electron chi connectivity index (χ0n) is 18.9. The number of methoxy groups -OCH3 is 1. The maximum atomic E-state index is 11.7. The van der Waals surface area contributed by atoms with Gasteiger partial charge in [-0.15, -0.1) is 0 Å². The van der Waals surface area contributed by atoms with Crippen molar-refractivity contribution in [3.05, 3.63) is 71.5 Å². The van der Waals surface area contributed by atoms with Gasteiger partial charge in [-0.2, -0.15) is 15.1 Å². The Balaban J connectivity index is 1.47. The Morgan fingerprint density at radius 2 is 2.06 bits per heavy atom. The van der Waals surface area contributed by atoms with E-state index in [0.717, 1.165) is 30.2 Å². The average molecular weight is 463 g/mol. The van der Waals surface area contributed by atoms with Crippen LogP contribution in [0.5, 0.6) is 6.01 Å². The van der Waals surface area contributed by atoms with E-state index in [1.54, 1.807) is 30.6 Å². The summed E-state index contributed by atoms with van der Waals surface area (Å²) < 4.78 is 16.0. The quantitative estimate of drug-likeness (QED) is 0.291. The van der Waals surface area contributed by atoms with Crippen LogP contribution in [0.3, 0.4) is 0 Å². The number of morpholine rings is 1. The number of benzene rings is 1. The van der Waals surface area contributed by atoms with Crippen LogP contribution in [0.4, 0.5) is 11.6 Å². The van der Waals surface area contributed by atoms with E-state index in [0.29, 0.717) is 37.6 Å². The molecule has 1 fully saturated rings. The molecule has 3 aromatic rings. The number of hydrogen-bond donors (Lipinski definition) is 1. The first-order chi connectivity index (χ1) is 16.7. The Morgan fingerprint density at radius 1 is 1.18 bits per heavy atom. The molecule has 3 heterocycles. The molecule has 1 aliphatic rings. The predicted octanol–water partition coefficient (Wildman–Crippen LogP) is 2.56. The number of pyridine rings is 1. The molecule has 0 unspecified atom stereocenters. The van der Waals surface area contributed by atoms with Crippen molar-refractivity contribution in [2.24, 2.45) is 5.10 Å². The van der Waals surface area contributed by atoms with Gasteiger partial charge in [-0.05, 0) is 29.8 Å². The number of anilines is 2. The van der Waals surface area contributed by atoms with Gasteiger partial charge in [0.15, 0.2) is 5.82 Å². The van der Waals surface area contributed by atoms with Crippen molar-refractivity contribution in [2.75, 3.05) is 50.3 Å². The Kier molecular flexibility index (Phi) is 7.96. The van der Waals surface area contributed by atoms with Crippen LogP contribution in [0.25, 0.3) is 0 Å². The van der Waals surface area contributed by atoms with Crippen LogP contribution in [-0.4, -0.2) is 67.2 Å². The summed E-state index contributed by atoms with van der Waals surface area (Å²) in [4.78, 5) is 27.2. The molecular formula is C24H26N6O4. The summed E-state index contributed by atoms with van der Waals surface area (Å²) in [5.41, 5.74) is 5.06. The number of rotatable bonds is 9. The van der Waals surface area contributed by atoms with E-state index in [1.165, 1.54) is 7.11 Å². The minimum atomic E-state index is -0.401. The summed E-state index contributed by atoms with van der Waals surface area (Å²) in [6.45, 7) is 3.13. The van der Waals surface area contributed by atoms with E-state index in [9.17, 15) is 4.79 Å². The maximum absolute atomic E-state index is 11.7. The van der Waals surface area contributed by atoms with Gasteiger partial charge < -0.3 is 19.1 Å². The standard InChI is InChI=1S/C24H26N6O4/c1-32-23(31)19-6-4-5-18(15-19)17-26-29-21-16-22(30-10-13-33-14-11-30)28-24(27-21)34-12-8-20-7-2-3-9-25-20/h2-7,9,15-17H,8,10-14H2,1H3,(H,27,28,29)/b26-17+. The second kappa shape index (κ2) is 11.7. The minimum Gasteiger partial charge on any atom is -0.465 e. The average Bonchev–Trinajstić information content (AvgIpc) is 2.89. The van der Waals surface area contributed by atoms with Gasteiger partial charge in [0.25, 0.3) is 0 Å². The van der Waals surface area contributed by atoms with Crippen LogP contribution in [0.2, 0.25) is 0 Å². The molecule has 0 radical (unpaired) electrons. The minimum absolute atomic E-state index is 0.255. The second-order valence-corrected chi connectivity index (χ2v) is 7.40. The van der Waals surface area contributed by atoms with E-state index in [-0.39, 0.29) is 6.01 Å². The van der Waals surface area contributed by atoms with Gasteiger partial charge in [-0.3, -0.25) is 10.4 Å². The molecule has 1 aliphatic heterocycles. The molecule has 10 heteroatoms. The van der Waals surface area contributed by atoms with Crippen molar-refractivity contribution < 1.29 is 19.0 Å². The Labute approximate surface area is 197 Å². The molecule has 1 aromatic carbocycles. The third kappa shape index (κ3) is 6.48. The van der Waals surface area contributed by atoms with E-state index in [1.807, 2.05) is 30.3 Å². The first kappa shape index (κ1) is 23.1. The highest BCUT2D eigenvalue weighted by Gasteiger charge is 2.16. The van der Waals surface area contributed by atoms with Gasteiger partial charge in [0.1, 0.15) is 5.82 Å². The highest BCUT2D eigenvalue weighted by atomic mass is 16.5. The van der Waals surface area contributed by atoms with Gasteiger partial charge in [0, 0.05) is 37.5 Å². The molecule has 0 saturated carbocycles. The van der Waals surface area contributed by atoms with Crippen LogP contribution in [0, 0.1) is 0 Å². The molecule has 0 spiro atoms. The van der Waals surface area contributed by atoms with Crippen LogP contribution in [0.1, 0.15) is 21.6 Å². The van der Waals surface area contributed by atoms with Crippen molar-refractivity contribution in [2.45, 2.75) is 6.42 Å². The number of esters is 1. The molecule has 0 atom stereocenters. The van der Waals surface area contributed by atoms with E-state index >= 15 is 0 Å². The number of nitrogens with one attached hydrogen (secondary N) is 1. The second-order valence-electron chi connectivity index (χ2n) is 7.40. The molecule has 0 amide bonds. The smallest absolute Gasteiger partial charge is 0.337 e. The molecule has 34 heavy (non-hydrogen) atoms. The van der Waals surface area contributed by atoms with Gasteiger partial charge in [0.05, 0.1) is 38.7 Å². The summed E-state index contributed by atoms with van der Waals surface area (Å²) in [5.74, 6) is 0.822. The molecule has 2 aromatic heterocycles. The molecule has 10 nitrogen and oxygen atoms in total. The topological polar surface area (TPSA) is 111 Å². The monoisotopic (exact) mass is 462 g/mol. The lowest BCUT2D eigenvalue weighted by Crippen LogP contribution is -2.36. The lowest BCUT2D eigenvalue weighted by molar-refractivity contribution is 0.0600. The fraction of sp³-hybridized carbons (Fsp3) is 0.292. The molecular weight excluding hydrogens is 436 g/mol. The first-order valence-electron chi connectivity index (χ1n) is 10.9. The van der Waals surface area contributed by atoms with Gasteiger partial charge in [-0.1, -0.05) is 18.2 Å². The molecule has 4 rings (SSSR count). The third-order valence-electron chi connectivity index (χ3n) is 5.04. The Hall–Kier alpha value is -4.05. The number of ether oxygens (including phenoxy) is 3. The maximum Gasteiger partial charge on any atom is 0.337 e. The lowest BCUT2D eigenvalue weighted by Gasteiger charge is -2.28. The van der Waals surface area contributed by atoms with Crippen molar-refractivity contribution in [1.82, 2.24) is 15.0 Å². The first-order valence-corrected chi connectivity index (χ1v) is 10.9. The number of nitrogens with zero attached hydrogens (tertiary/aromatic N) is 5.